The summed E-state index contributed by atoms with van der Waals surface area (Å²) in [6.45, 7) is 12.2. The molecule has 0 aromatic rings. The summed E-state index contributed by atoms with van der Waals surface area (Å²) in [5.41, 5.74) is 0. The molecule has 3 atom stereocenters. The summed E-state index contributed by atoms with van der Waals surface area (Å²) in [7, 11) is 2.25. The van der Waals surface area contributed by atoms with Crippen LogP contribution in [0.1, 0.15) is 40.0 Å². The topological polar surface area (TPSA) is 24.5 Å². The van der Waals surface area contributed by atoms with Gasteiger partial charge in [0.05, 0.1) is 6.61 Å². The van der Waals surface area contributed by atoms with Crippen molar-refractivity contribution < 1.29 is 4.74 Å². The van der Waals surface area contributed by atoms with Gasteiger partial charge in [0.25, 0.3) is 0 Å². The van der Waals surface area contributed by atoms with Gasteiger partial charge < -0.3 is 15.0 Å². The minimum Gasteiger partial charge on any atom is -0.381 e. The first-order valence-electron chi connectivity index (χ1n) is 7.67. The molecule has 18 heavy (non-hydrogen) atoms. The summed E-state index contributed by atoms with van der Waals surface area (Å²) in [5, 5.41) is 3.63. The lowest BCUT2D eigenvalue weighted by molar-refractivity contribution is 0.0401. The Hall–Kier alpha value is -0.120. The quantitative estimate of drug-likeness (QED) is 0.721. The number of nitrogens with zero attached hydrogens (tertiary/aromatic N) is 1. The molecule has 3 unspecified atom stereocenters. The highest BCUT2D eigenvalue weighted by atomic mass is 16.5. The zero-order valence-electron chi connectivity index (χ0n) is 12.7. The number of ether oxygens (including phenoxy) is 1. The maximum absolute atomic E-state index is 5.56. The third-order valence-corrected chi connectivity index (χ3v) is 4.13. The SMILES string of the molecule is CCNC(CN(C)CC1CCCOC1)C(C)CC. The monoisotopic (exact) mass is 256 g/mol. The van der Waals surface area contributed by atoms with Crippen molar-refractivity contribution in [1.82, 2.24) is 10.2 Å². The Morgan fingerprint density at radius 3 is 2.72 bits per heavy atom. The molecule has 1 saturated heterocycles. The van der Waals surface area contributed by atoms with Gasteiger partial charge in [0.2, 0.25) is 0 Å². The van der Waals surface area contributed by atoms with Crippen molar-refractivity contribution in [2.24, 2.45) is 11.8 Å². The van der Waals surface area contributed by atoms with Gasteiger partial charge in [0.15, 0.2) is 0 Å². The average molecular weight is 256 g/mol. The first-order valence-corrected chi connectivity index (χ1v) is 7.67. The van der Waals surface area contributed by atoms with Crippen LogP contribution >= 0.6 is 0 Å². The van der Waals surface area contributed by atoms with Crippen LogP contribution in [0.5, 0.6) is 0 Å². The van der Waals surface area contributed by atoms with Crippen LogP contribution in [0.25, 0.3) is 0 Å². The molecule has 1 heterocycles. The predicted molar refractivity (Wildman–Crippen MR) is 78.0 cm³/mol. The largest absolute Gasteiger partial charge is 0.381 e. The van der Waals surface area contributed by atoms with E-state index in [9.17, 15) is 0 Å². The second-order valence-corrected chi connectivity index (χ2v) is 5.85. The van der Waals surface area contributed by atoms with E-state index in [0.717, 1.165) is 38.1 Å². The Balaban J connectivity index is 2.32. The molecule has 1 fully saturated rings. The Morgan fingerprint density at radius 2 is 2.17 bits per heavy atom. The fourth-order valence-electron chi connectivity index (χ4n) is 2.79. The lowest BCUT2D eigenvalue weighted by atomic mass is 9.97. The van der Waals surface area contributed by atoms with Gasteiger partial charge in [-0.2, -0.15) is 0 Å². The number of nitrogens with one attached hydrogen (secondary N) is 1. The van der Waals surface area contributed by atoms with Crippen molar-refractivity contribution in [3.63, 3.8) is 0 Å². The molecule has 108 valence electrons. The zero-order chi connectivity index (χ0) is 13.4. The average Bonchev–Trinajstić information content (AvgIpc) is 2.38. The van der Waals surface area contributed by atoms with E-state index in [-0.39, 0.29) is 0 Å². The highest BCUT2D eigenvalue weighted by molar-refractivity contribution is 4.77. The molecular weight excluding hydrogens is 224 g/mol. The van der Waals surface area contributed by atoms with E-state index in [1.807, 2.05) is 0 Å². The third-order valence-electron chi connectivity index (χ3n) is 4.13. The van der Waals surface area contributed by atoms with E-state index in [4.69, 9.17) is 4.74 Å². The number of hydrogen-bond donors (Lipinski definition) is 1. The highest BCUT2D eigenvalue weighted by Crippen LogP contribution is 2.15. The first kappa shape index (κ1) is 15.9. The van der Waals surface area contributed by atoms with Crippen LogP contribution in [-0.4, -0.2) is 50.8 Å². The second-order valence-electron chi connectivity index (χ2n) is 5.85. The molecule has 0 saturated carbocycles. The molecule has 1 rings (SSSR count). The highest BCUT2D eigenvalue weighted by Gasteiger charge is 2.20. The van der Waals surface area contributed by atoms with Crippen molar-refractivity contribution in [3.05, 3.63) is 0 Å². The molecule has 1 aliphatic heterocycles. The molecular formula is C15H32N2O. The van der Waals surface area contributed by atoms with Gasteiger partial charge in [0.1, 0.15) is 0 Å². The Bertz CT molecular complexity index is 205. The van der Waals surface area contributed by atoms with Crippen molar-refractivity contribution in [3.8, 4) is 0 Å². The van der Waals surface area contributed by atoms with Crippen LogP contribution < -0.4 is 5.32 Å². The van der Waals surface area contributed by atoms with Crippen molar-refractivity contribution in [1.29, 1.82) is 0 Å². The lowest BCUT2D eigenvalue weighted by Crippen LogP contribution is -2.45. The second kappa shape index (κ2) is 8.89. The maximum Gasteiger partial charge on any atom is 0.0506 e. The Kier molecular flexibility index (Phi) is 7.87. The lowest BCUT2D eigenvalue weighted by Gasteiger charge is -2.32. The minimum absolute atomic E-state index is 0.620. The Labute approximate surface area is 113 Å². The van der Waals surface area contributed by atoms with E-state index < -0.39 is 0 Å². The van der Waals surface area contributed by atoms with Crippen molar-refractivity contribution >= 4 is 0 Å². The number of rotatable bonds is 8. The van der Waals surface area contributed by atoms with Gasteiger partial charge in [-0.1, -0.05) is 27.2 Å². The standard InChI is InChI=1S/C15H32N2O/c1-5-13(3)15(16-6-2)11-17(4)10-14-8-7-9-18-12-14/h13-16H,5-12H2,1-4H3. The third kappa shape index (κ3) is 5.68. The molecule has 0 radical (unpaired) electrons. The van der Waals surface area contributed by atoms with E-state index in [1.54, 1.807) is 0 Å². The van der Waals surface area contributed by atoms with Crippen LogP contribution in [-0.2, 0) is 4.74 Å². The summed E-state index contributed by atoms with van der Waals surface area (Å²) < 4.78 is 5.56. The van der Waals surface area contributed by atoms with E-state index >= 15 is 0 Å². The van der Waals surface area contributed by atoms with Crippen molar-refractivity contribution in [2.45, 2.75) is 46.1 Å². The van der Waals surface area contributed by atoms with Crippen LogP contribution in [0.15, 0.2) is 0 Å². The molecule has 0 aliphatic carbocycles. The molecule has 0 spiro atoms. The van der Waals surface area contributed by atoms with Crippen LogP contribution in [0.3, 0.4) is 0 Å². The van der Waals surface area contributed by atoms with E-state index in [2.05, 4.69) is 38.0 Å². The summed E-state index contributed by atoms with van der Waals surface area (Å²) in [6.07, 6.45) is 3.82. The molecule has 0 aromatic heterocycles. The molecule has 1 aliphatic rings. The smallest absolute Gasteiger partial charge is 0.0506 e. The number of likely N-dealkylation sites (N-methyl/N-ethyl adjacent to an activating group) is 2. The van der Waals surface area contributed by atoms with Crippen molar-refractivity contribution in [2.75, 3.05) is 39.9 Å². The molecule has 3 heteroatoms. The minimum atomic E-state index is 0.620. The first-order chi connectivity index (χ1) is 8.67. The molecule has 0 amide bonds. The summed E-state index contributed by atoms with van der Waals surface area (Å²) in [4.78, 5) is 2.48. The van der Waals surface area contributed by atoms with Gasteiger partial charge in [-0.3, -0.25) is 0 Å². The molecule has 1 N–H and O–H groups in total. The molecule has 0 bridgehead atoms. The molecule has 3 nitrogen and oxygen atoms in total. The van der Waals surface area contributed by atoms with Crippen LogP contribution in [0.2, 0.25) is 0 Å². The van der Waals surface area contributed by atoms with Gasteiger partial charge in [0, 0.05) is 25.7 Å². The summed E-state index contributed by atoms with van der Waals surface area (Å²) >= 11 is 0. The van der Waals surface area contributed by atoms with E-state index in [0.29, 0.717) is 6.04 Å². The van der Waals surface area contributed by atoms with Crippen LogP contribution in [0, 0.1) is 11.8 Å². The molecule has 0 aromatic carbocycles. The summed E-state index contributed by atoms with van der Waals surface area (Å²) in [5.74, 6) is 1.48. The fourth-order valence-corrected chi connectivity index (χ4v) is 2.79. The van der Waals surface area contributed by atoms with Crippen LogP contribution in [0.4, 0.5) is 0 Å². The predicted octanol–water partition coefficient (Wildman–Crippen LogP) is 2.37. The van der Waals surface area contributed by atoms with E-state index in [1.165, 1.54) is 25.8 Å². The normalized spacial score (nSPS) is 24.2. The Morgan fingerprint density at radius 1 is 1.39 bits per heavy atom. The van der Waals surface area contributed by atoms with Gasteiger partial charge in [-0.15, -0.1) is 0 Å². The van der Waals surface area contributed by atoms with Gasteiger partial charge in [-0.25, -0.2) is 0 Å². The summed E-state index contributed by atoms with van der Waals surface area (Å²) in [6, 6.07) is 0.620. The number of hydrogen-bond acceptors (Lipinski definition) is 3. The zero-order valence-corrected chi connectivity index (χ0v) is 12.7. The van der Waals surface area contributed by atoms with Gasteiger partial charge in [-0.05, 0) is 38.3 Å². The fraction of sp³-hybridized carbons (Fsp3) is 1.00. The van der Waals surface area contributed by atoms with Gasteiger partial charge >= 0.3 is 0 Å². The maximum atomic E-state index is 5.56.